The number of benzene rings is 1. The van der Waals surface area contributed by atoms with Crippen LogP contribution in [0.1, 0.15) is 62.5 Å². The highest BCUT2D eigenvalue weighted by atomic mass is 16.5. The van der Waals surface area contributed by atoms with Gasteiger partial charge in [-0.15, -0.1) is 0 Å². The number of carbonyl (C=O) groups is 2. The SMILES string of the molecule is CCc1noc(C)c1C(=O)N1CCc2c(c(C(=O)N3CCOCC3)nn2CCCc2ccccc2)C1. The zero-order valence-electron chi connectivity index (χ0n) is 21.0. The van der Waals surface area contributed by atoms with Crippen molar-refractivity contribution in [1.29, 1.82) is 0 Å². The van der Waals surface area contributed by atoms with Crippen molar-refractivity contribution in [1.82, 2.24) is 24.7 Å². The molecule has 5 rings (SSSR count). The highest BCUT2D eigenvalue weighted by Gasteiger charge is 2.34. The Labute approximate surface area is 211 Å². The smallest absolute Gasteiger partial charge is 0.274 e. The molecule has 36 heavy (non-hydrogen) atoms. The van der Waals surface area contributed by atoms with Gasteiger partial charge in [0, 0.05) is 43.9 Å². The summed E-state index contributed by atoms with van der Waals surface area (Å²) < 4.78 is 12.7. The van der Waals surface area contributed by atoms with E-state index in [1.165, 1.54) is 5.56 Å². The van der Waals surface area contributed by atoms with Crippen LogP contribution in [0.15, 0.2) is 34.9 Å². The summed E-state index contributed by atoms with van der Waals surface area (Å²) in [7, 11) is 0. The van der Waals surface area contributed by atoms with Gasteiger partial charge in [0.25, 0.3) is 11.8 Å². The second kappa shape index (κ2) is 10.7. The van der Waals surface area contributed by atoms with Crippen molar-refractivity contribution in [2.75, 3.05) is 32.8 Å². The molecular weight excluding hydrogens is 458 g/mol. The molecule has 9 nitrogen and oxygen atoms in total. The maximum absolute atomic E-state index is 13.5. The van der Waals surface area contributed by atoms with E-state index in [9.17, 15) is 9.59 Å². The predicted octanol–water partition coefficient (Wildman–Crippen LogP) is 3.05. The van der Waals surface area contributed by atoms with E-state index in [0.29, 0.717) is 74.9 Å². The van der Waals surface area contributed by atoms with Crippen LogP contribution in [0.3, 0.4) is 0 Å². The molecule has 2 aliphatic heterocycles. The number of hydrogen-bond donors (Lipinski definition) is 0. The number of amides is 2. The number of morpholine rings is 1. The standard InChI is InChI=1S/C27H33N5O4/c1-3-22-24(19(2)36-29-22)26(33)31-13-11-23-21(18-31)25(27(34)30-14-16-35-17-15-30)28-32(23)12-7-10-20-8-5-4-6-9-20/h4-6,8-9H,3,7,10-18H2,1-2H3. The average Bonchev–Trinajstić information content (AvgIpc) is 3.48. The van der Waals surface area contributed by atoms with Gasteiger partial charge in [-0.3, -0.25) is 14.3 Å². The lowest BCUT2D eigenvalue weighted by Gasteiger charge is -2.29. The number of aromatic nitrogens is 3. The molecule has 2 aliphatic rings. The molecule has 0 spiro atoms. The lowest BCUT2D eigenvalue weighted by Crippen LogP contribution is -2.42. The molecule has 190 valence electrons. The molecule has 0 N–H and O–H groups in total. The van der Waals surface area contributed by atoms with Crippen LogP contribution in [0.2, 0.25) is 0 Å². The number of nitrogens with zero attached hydrogens (tertiary/aromatic N) is 5. The minimum Gasteiger partial charge on any atom is -0.378 e. The summed E-state index contributed by atoms with van der Waals surface area (Å²) in [5.74, 6) is 0.350. The first-order chi connectivity index (χ1) is 17.6. The van der Waals surface area contributed by atoms with Crippen LogP contribution in [0.25, 0.3) is 0 Å². The molecule has 9 heteroatoms. The molecule has 2 aromatic heterocycles. The third-order valence-electron chi connectivity index (χ3n) is 7.08. The Bertz CT molecular complexity index is 1230. The number of aryl methyl sites for hydroxylation is 4. The Kier molecular flexibility index (Phi) is 7.18. The lowest BCUT2D eigenvalue weighted by atomic mass is 10.0. The lowest BCUT2D eigenvalue weighted by molar-refractivity contribution is 0.0296. The number of rotatable bonds is 7. The van der Waals surface area contributed by atoms with Crippen molar-refractivity contribution < 1.29 is 18.8 Å². The summed E-state index contributed by atoms with van der Waals surface area (Å²) >= 11 is 0. The molecule has 0 aliphatic carbocycles. The first-order valence-electron chi connectivity index (χ1n) is 12.8. The van der Waals surface area contributed by atoms with Crippen molar-refractivity contribution >= 4 is 11.8 Å². The number of carbonyl (C=O) groups excluding carboxylic acids is 2. The van der Waals surface area contributed by atoms with Gasteiger partial charge in [-0.25, -0.2) is 0 Å². The van der Waals surface area contributed by atoms with Gasteiger partial charge in [0.05, 0.1) is 25.5 Å². The van der Waals surface area contributed by atoms with Crippen molar-refractivity contribution in [3.63, 3.8) is 0 Å². The molecule has 0 bridgehead atoms. The van der Waals surface area contributed by atoms with Crippen molar-refractivity contribution in [3.8, 4) is 0 Å². The van der Waals surface area contributed by atoms with Gasteiger partial charge in [0.2, 0.25) is 0 Å². The van der Waals surface area contributed by atoms with Crippen LogP contribution >= 0.6 is 0 Å². The minimum atomic E-state index is -0.0992. The molecule has 4 heterocycles. The maximum atomic E-state index is 13.5. The molecule has 3 aromatic rings. The third kappa shape index (κ3) is 4.80. The molecule has 0 saturated carbocycles. The quantitative estimate of drug-likeness (QED) is 0.504. The first-order valence-corrected chi connectivity index (χ1v) is 12.8. The van der Waals surface area contributed by atoms with Gasteiger partial charge >= 0.3 is 0 Å². The summed E-state index contributed by atoms with van der Waals surface area (Å²) in [4.78, 5) is 30.6. The van der Waals surface area contributed by atoms with Gasteiger partial charge in [-0.1, -0.05) is 42.4 Å². The molecule has 0 unspecified atom stereocenters. The van der Waals surface area contributed by atoms with Crippen LogP contribution in [0.4, 0.5) is 0 Å². The van der Waals surface area contributed by atoms with Crippen LogP contribution in [0.5, 0.6) is 0 Å². The highest BCUT2D eigenvalue weighted by Crippen LogP contribution is 2.27. The molecule has 1 aromatic carbocycles. The number of ether oxygens (including phenoxy) is 1. The molecule has 2 amide bonds. The number of hydrogen-bond acceptors (Lipinski definition) is 6. The molecular formula is C27H33N5O4. The monoisotopic (exact) mass is 491 g/mol. The van der Waals surface area contributed by atoms with Crippen molar-refractivity contribution in [2.24, 2.45) is 0 Å². The Hall–Kier alpha value is -3.46. The molecule has 0 atom stereocenters. The van der Waals surface area contributed by atoms with E-state index in [1.54, 1.807) is 16.7 Å². The fourth-order valence-electron chi connectivity index (χ4n) is 5.11. The van der Waals surface area contributed by atoms with E-state index >= 15 is 0 Å². The van der Waals surface area contributed by atoms with E-state index < -0.39 is 0 Å². The van der Waals surface area contributed by atoms with E-state index in [-0.39, 0.29) is 11.8 Å². The normalized spacial score (nSPS) is 15.7. The van der Waals surface area contributed by atoms with Crippen molar-refractivity contribution in [2.45, 2.75) is 52.6 Å². The third-order valence-corrected chi connectivity index (χ3v) is 7.08. The predicted molar refractivity (Wildman–Crippen MR) is 133 cm³/mol. The van der Waals surface area contributed by atoms with Crippen LogP contribution in [-0.4, -0.2) is 69.4 Å². The summed E-state index contributed by atoms with van der Waals surface area (Å²) in [6, 6.07) is 10.4. The second-order valence-electron chi connectivity index (χ2n) is 9.38. The van der Waals surface area contributed by atoms with Crippen LogP contribution in [-0.2, 0) is 37.1 Å². The fraction of sp³-hybridized carbons (Fsp3) is 0.481. The van der Waals surface area contributed by atoms with Gasteiger partial charge < -0.3 is 19.1 Å². The Morgan fingerprint density at radius 2 is 1.81 bits per heavy atom. The molecule has 1 saturated heterocycles. The van der Waals surface area contributed by atoms with Gasteiger partial charge in [0.1, 0.15) is 11.3 Å². The van der Waals surface area contributed by atoms with Crippen LogP contribution < -0.4 is 0 Å². The summed E-state index contributed by atoms with van der Waals surface area (Å²) in [5.41, 5.74) is 4.87. The zero-order chi connectivity index (χ0) is 25.1. The van der Waals surface area contributed by atoms with Gasteiger partial charge in [-0.05, 0) is 31.7 Å². The Balaban J connectivity index is 1.40. The molecule has 1 fully saturated rings. The zero-order valence-corrected chi connectivity index (χ0v) is 21.0. The summed E-state index contributed by atoms with van der Waals surface area (Å²) in [6.07, 6.45) is 3.14. The van der Waals surface area contributed by atoms with Crippen molar-refractivity contribution in [3.05, 3.63) is 69.9 Å². The molecule has 0 radical (unpaired) electrons. The van der Waals surface area contributed by atoms with E-state index in [4.69, 9.17) is 14.4 Å². The highest BCUT2D eigenvalue weighted by molar-refractivity contribution is 5.97. The summed E-state index contributed by atoms with van der Waals surface area (Å²) in [5, 5.41) is 8.87. The van der Waals surface area contributed by atoms with E-state index in [1.807, 2.05) is 17.7 Å². The maximum Gasteiger partial charge on any atom is 0.274 e. The van der Waals surface area contributed by atoms with Crippen LogP contribution in [0, 0.1) is 6.92 Å². The second-order valence-corrected chi connectivity index (χ2v) is 9.38. The number of fused-ring (bicyclic) bond motifs is 1. The average molecular weight is 492 g/mol. The Morgan fingerprint density at radius 1 is 1.03 bits per heavy atom. The Morgan fingerprint density at radius 3 is 2.56 bits per heavy atom. The largest absolute Gasteiger partial charge is 0.378 e. The first kappa shape index (κ1) is 24.2. The van der Waals surface area contributed by atoms with E-state index in [2.05, 4.69) is 29.4 Å². The van der Waals surface area contributed by atoms with E-state index in [0.717, 1.165) is 30.6 Å². The minimum absolute atomic E-state index is 0.0823. The topological polar surface area (TPSA) is 93.7 Å². The summed E-state index contributed by atoms with van der Waals surface area (Å²) in [6.45, 7) is 7.54. The fourth-order valence-corrected chi connectivity index (χ4v) is 5.11. The van der Waals surface area contributed by atoms with Gasteiger partial charge in [0.15, 0.2) is 5.69 Å². The van der Waals surface area contributed by atoms with Gasteiger partial charge in [-0.2, -0.15) is 5.10 Å².